The number of hydrogen-bond donors (Lipinski definition) is 0. The van der Waals surface area contributed by atoms with Crippen LogP contribution in [-0.2, 0) is 11.0 Å². The van der Waals surface area contributed by atoms with E-state index >= 15 is 0 Å². The lowest BCUT2D eigenvalue weighted by atomic mass is 10.1. The summed E-state index contributed by atoms with van der Waals surface area (Å²) < 4.78 is 10.1. The molecule has 0 radical (unpaired) electrons. The Morgan fingerprint density at radius 1 is 1.53 bits per heavy atom. The van der Waals surface area contributed by atoms with Crippen molar-refractivity contribution in [1.29, 1.82) is 0 Å². The summed E-state index contributed by atoms with van der Waals surface area (Å²) in [5, 5.41) is 10.8. The van der Waals surface area contributed by atoms with Crippen molar-refractivity contribution in [2.45, 2.75) is 13.5 Å². The van der Waals surface area contributed by atoms with Gasteiger partial charge >= 0.3 is 0 Å². The minimum absolute atomic E-state index is 0.0494. The van der Waals surface area contributed by atoms with Crippen LogP contribution in [0, 0.1) is 17.0 Å². The highest BCUT2D eigenvalue weighted by molar-refractivity contribution is 5.97. The van der Waals surface area contributed by atoms with Gasteiger partial charge in [-0.25, -0.2) is 0 Å². The molecular weight excluding hydrogens is 214 g/mol. The molecule has 1 aromatic carbocycles. The zero-order chi connectivity index (χ0) is 11.4. The van der Waals surface area contributed by atoms with Gasteiger partial charge in [0.1, 0.15) is 16.2 Å². The third-order valence-electron chi connectivity index (χ3n) is 2.09. The first kappa shape index (κ1) is 11.7. The van der Waals surface area contributed by atoms with Gasteiger partial charge in [-0.3, -0.25) is 10.1 Å². The van der Waals surface area contributed by atoms with Crippen molar-refractivity contribution in [2.24, 2.45) is 0 Å². The molecule has 0 spiro atoms. The molecule has 82 valence electrons. The van der Waals surface area contributed by atoms with Crippen molar-refractivity contribution in [3.8, 4) is 5.75 Å². The van der Waals surface area contributed by atoms with Gasteiger partial charge in [0, 0.05) is 0 Å². The van der Waals surface area contributed by atoms with E-state index in [1.165, 1.54) is 13.2 Å². The fourth-order valence-corrected chi connectivity index (χ4v) is 1.71. The van der Waals surface area contributed by atoms with Crippen molar-refractivity contribution >= 4 is 16.2 Å². The molecule has 0 heterocycles. The Kier molecular flexibility index (Phi) is 3.81. The third-order valence-corrected chi connectivity index (χ3v) is 2.38. The van der Waals surface area contributed by atoms with E-state index in [2.05, 4.69) is 0 Å². The summed E-state index contributed by atoms with van der Waals surface area (Å²) in [7, 11) is 2.06. The van der Waals surface area contributed by atoms with Crippen molar-refractivity contribution in [1.82, 2.24) is 0 Å². The number of benzene rings is 1. The molecule has 1 rings (SSSR count). The van der Waals surface area contributed by atoms with Gasteiger partial charge in [-0.1, -0.05) is 0 Å². The van der Waals surface area contributed by atoms with E-state index in [-0.39, 0.29) is 12.3 Å². The van der Waals surface area contributed by atoms with E-state index in [1.807, 2.05) is 6.92 Å². The third kappa shape index (κ3) is 2.54. The Balaban J connectivity index is 3.25. The molecule has 0 fully saturated rings. The first-order valence-electron chi connectivity index (χ1n) is 4.41. The zero-order valence-electron chi connectivity index (χ0n) is 8.94. The van der Waals surface area contributed by atoms with Crippen molar-refractivity contribution in [3.63, 3.8) is 0 Å². The molecule has 0 amide bonds. The van der Waals surface area contributed by atoms with Crippen LogP contribution < -0.4 is 4.74 Å². The number of nitro groups is 1. The average Bonchev–Trinajstić information content (AvgIpc) is 2.18. The van der Waals surface area contributed by atoms with Crippen LogP contribution in [0.2, 0.25) is 0 Å². The standard InChI is InChI=1S/C9H13NO4Si/c1-6-3-7(5-14-15)8(10(11)12)4-9(6)13-2/h3-4H,5H2,1-2,15H3. The number of hydrogen-bond acceptors (Lipinski definition) is 4. The highest BCUT2D eigenvalue weighted by Gasteiger charge is 2.16. The molecule has 15 heavy (non-hydrogen) atoms. The maximum Gasteiger partial charge on any atom is 0.278 e. The van der Waals surface area contributed by atoms with Crippen molar-refractivity contribution in [3.05, 3.63) is 33.4 Å². The molecular formula is C9H13NO4Si. The largest absolute Gasteiger partial charge is 0.496 e. The first-order chi connectivity index (χ1) is 7.10. The van der Waals surface area contributed by atoms with E-state index in [9.17, 15) is 10.1 Å². The van der Waals surface area contributed by atoms with Gasteiger partial charge in [-0.2, -0.15) is 0 Å². The quantitative estimate of drug-likeness (QED) is 0.432. The molecule has 0 unspecified atom stereocenters. The van der Waals surface area contributed by atoms with Crippen LogP contribution in [0.5, 0.6) is 5.75 Å². The second-order valence-electron chi connectivity index (χ2n) is 3.14. The summed E-state index contributed by atoms with van der Waals surface area (Å²) >= 11 is 0. The summed E-state index contributed by atoms with van der Waals surface area (Å²) in [6.07, 6.45) is 0. The fourth-order valence-electron chi connectivity index (χ4n) is 1.40. The highest BCUT2D eigenvalue weighted by Crippen LogP contribution is 2.28. The van der Waals surface area contributed by atoms with E-state index in [4.69, 9.17) is 9.16 Å². The molecule has 5 nitrogen and oxygen atoms in total. The highest BCUT2D eigenvalue weighted by atomic mass is 28.2. The second-order valence-corrected chi connectivity index (χ2v) is 3.72. The van der Waals surface area contributed by atoms with Gasteiger partial charge in [0.05, 0.1) is 30.3 Å². The SMILES string of the molecule is COc1cc([N+](=O)[O-])c(CO[SiH3])cc1C. The summed E-state index contributed by atoms with van der Waals surface area (Å²) in [5.41, 5.74) is 1.51. The van der Waals surface area contributed by atoms with Crippen LogP contribution >= 0.6 is 0 Å². The van der Waals surface area contributed by atoms with Crippen LogP contribution in [0.1, 0.15) is 11.1 Å². The smallest absolute Gasteiger partial charge is 0.278 e. The fraction of sp³-hybridized carbons (Fsp3) is 0.333. The molecule has 0 bridgehead atoms. The summed E-state index contributed by atoms with van der Waals surface area (Å²) in [4.78, 5) is 10.4. The number of nitrogens with zero attached hydrogens (tertiary/aromatic N) is 1. The van der Waals surface area contributed by atoms with Gasteiger partial charge in [-0.05, 0) is 18.6 Å². The molecule has 0 aliphatic rings. The Morgan fingerprint density at radius 3 is 2.67 bits per heavy atom. The maximum atomic E-state index is 10.8. The molecule has 1 aromatic rings. The molecule has 0 aromatic heterocycles. The number of ether oxygens (including phenoxy) is 1. The number of nitro benzene ring substituents is 1. The van der Waals surface area contributed by atoms with Crippen LogP contribution in [0.3, 0.4) is 0 Å². The molecule has 0 aliphatic heterocycles. The Bertz CT molecular complexity index is 381. The lowest BCUT2D eigenvalue weighted by molar-refractivity contribution is -0.385. The zero-order valence-corrected chi connectivity index (χ0v) is 10.9. The topological polar surface area (TPSA) is 61.6 Å². The Hall–Kier alpha value is -1.40. The summed E-state index contributed by atoms with van der Waals surface area (Å²) in [6.45, 7) is 2.13. The predicted molar refractivity (Wildman–Crippen MR) is 59.1 cm³/mol. The number of rotatable bonds is 4. The summed E-state index contributed by atoms with van der Waals surface area (Å²) in [5.74, 6) is 0.527. The van der Waals surface area contributed by atoms with Crippen LogP contribution in [0.15, 0.2) is 12.1 Å². The normalized spacial score (nSPS) is 10.3. The molecule has 0 N–H and O–H groups in total. The lowest BCUT2D eigenvalue weighted by Gasteiger charge is -2.08. The van der Waals surface area contributed by atoms with Crippen molar-refractivity contribution < 1.29 is 14.1 Å². The van der Waals surface area contributed by atoms with Crippen LogP contribution in [-0.4, -0.2) is 22.5 Å². The first-order valence-corrected chi connectivity index (χ1v) is 5.22. The monoisotopic (exact) mass is 227 g/mol. The number of methoxy groups -OCH3 is 1. The van der Waals surface area contributed by atoms with Gasteiger partial charge in [-0.15, -0.1) is 0 Å². The van der Waals surface area contributed by atoms with Gasteiger partial charge in [0.15, 0.2) is 0 Å². The molecule has 0 saturated heterocycles. The molecule has 0 saturated carbocycles. The van der Waals surface area contributed by atoms with Crippen molar-refractivity contribution in [2.75, 3.05) is 7.11 Å². The number of aryl methyl sites for hydroxylation is 1. The van der Waals surface area contributed by atoms with Crippen LogP contribution in [0.4, 0.5) is 5.69 Å². The molecule has 0 aliphatic carbocycles. The molecule has 6 heteroatoms. The molecule has 0 atom stereocenters. The average molecular weight is 227 g/mol. The minimum Gasteiger partial charge on any atom is -0.496 e. The van der Waals surface area contributed by atoms with E-state index < -0.39 is 4.92 Å². The second kappa shape index (κ2) is 4.90. The summed E-state index contributed by atoms with van der Waals surface area (Å²) in [6, 6.07) is 3.17. The van der Waals surface area contributed by atoms with Gasteiger partial charge in [0.2, 0.25) is 0 Å². The maximum absolute atomic E-state index is 10.8. The van der Waals surface area contributed by atoms with Gasteiger partial charge < -0.3 is 9.16 Å². The Morgan fingerprint density at radius 2 is 2.20 bits per heavy atom. The van der Waals surface area contributed by atoms with Gasteiger partial charge in [0.25, 0.3) is 5.69 Å². The van der Waals surface area contributed by atoms with Crippen LogP contribution in [0.25, 0.3) is 0 Å². The minimum atomic E-state index is -0.419. The predicted octanol–water partition coefficient (Wildman–Crippen LogP) is 0.709. The van der Waals surface area contributed by atoms with E-state index in [0.717, 1.165) is 5.56 Å². The lowest BCUT2D eigenvalue weighted by Crippen LogP contribution is -2.00. The van der Waals surface area contributed by atoms with E-state index in [1.54, 1.807) is 6.07 Å². The van der Waals surface area contributed by atoms with E-state index in [0.29, 0.717) is 21.8 Å². The Labute approximate surface area is 90.7 Å².